The molecule has 2 N–H and O–H groups in total. The number of aryl methyl sites for hydroxylation is 2. The van der Waals surface area contributed by atoms with Gasteiger partial charge in [-0.25, -0.2) is 0 Å². The molecule has 0 unspecified atom stereocenters. The van der Waals surface area contributed by atoms with Crippen LogP contribution in [-0.4, -0.2) is 12.5 Å². The number of benzene rings is 2. The van der Waals surface area contributed by atoms with Gasteiger partial charge in [0.15, 0.2) is 0 Å². The van der Waals surface area contributed by atoms with Gasteiger partial charge < -0.3 is 10.6 Å². The maximum Gasteiger partial charge on any atom is 0.418 e. The molecule has 0 bridgehead atoms. The second kappa shape index (κ2) is 6.73. The molecule has 0 heterocycles. The van der Waals surface area contributed by atoms with E-state index in [0.29, 0.717) is 5.69 Å². The Morgan fingerprint density at radius 2 is 1.74 bits per heavy atom. The van der Waals surface area contributed by atoms with Crippen LogP contribution in [0.15, 0.2) is 42.5 Å². The SMILES string of the molecule is Cc1ccc(NC(=O)CNc2ccccc2C(F)(F)F)c(C)c1. The molecule has 23 heavy (non-hydrogen) atoms. The molecule has 0 aliphatic rings. The zero-order chi connectivity index (χ0) is 17.0. The molecule has 0 aliphatic carbocycles. The summed E-state index contributed by atoms with van der Waals surface area (Å²) < 4.78 is 38.6. The van der Waals surface area contributed by atoms with E-state index in [1.807, 2.05) is 26.0 Å². The van der Waals surface area contributed by atoms with Crippen LogP contribution >= 0.6 is 0 Å². The Kier molecular flexibility index (Phi) is 4.93. The number of rotatable bonds is 4. The van der Waals surface area contributed by atoms with Crippen molar-refractivity contribution in [3.8, 4) is 0 Å². The molecule has 2 aromatic carbocycles. The zero-order valence-corrected chi connectivity index (χ0v) is 12.8. The molecule has 0 aliphatic heterocycles. The zero-order valence-electron chi connectivity index (χ0n) is 12.8. The monoisotopic (exact) mass is 322 g/mol. The van der Waals surface area contributed by atoms with Gasteiger partial charge in [0.05, 0.1) is 12.1 Å². The van der Waals surface area contributed by atoms with E-state index in [1.54, 1.807) is 6.07 Å². The molecule has 0 atom stereocenters. The summed E-state index contributed by atoms with van der Waals surface area (Å²) in [5, 5.41) is 5.22. The van der Waals surface area contributed by atoms with Crippen LogP contribution in [0, 0.1) is 13.8 Å². The smallest absolute Gasteiger partial charge is 0.376 e. The number of alkyl halides is 3. The summed E-state index contributed by atoms with van der Waals surface area (Å²) in [6.45, 7) is 3.55. The van der Waals surface area contributed by atoms with Crippen LogP contribution in [0.2, 0.25) is 0 Å². The van der Waals surface area contributed by atoms with Gasteiger partial charge >= 0.3 is 6.18 Å². The molecule has 0 aromatic heterocycles. The lowest BCUT2D eigenvalue weighted by atomic mass is 10.1. The fourth-order valence-electron chi connectivity index (χ4n) is 2.21. The number of nitrogens with one attached hydrogen (secondary N) is 2. The average molecular weight is 322 g/mol. The van der Waals surface area contributed by atoms with Gasteiger partial charge in [0.2, 0.25) is 5.91 Å². The van der Waals surface area contributed by atoms with Gasteiger partial charge in [-0.2, -0.15) is 13.2 Å². The third-order valence-corrected chi connectivity index (χ3v) is 3.33. The van der Waals surface area contributed by atoms with Gasteiger partial charge in [0.25, 0.3) is 0 Å². The van der Waals surface area contributed by atoms with Crippen LogP contribution < -0.4 is 10.6 Å². The molecular formula is C17H17F3N2O. The number of amides is 1. The lowest BCUT2D eigenvalue weighted by molar-refractivity contribution is -0.137. The van der Waals surface area contributed by atoms with Crippen LogP contribution in [-0.2, 0) is 11.0 Å². The number of carbonyl (C=O) groups excluding carboxylic acids is 1. The highest BCUT2D eigenvalue weighted by molar-refractivity contribution is 5.94. The first-order valence-electron chi connectivity index (χ1n) is 7.04. The molecule has 3 nitrogen and oxygen atoms in total. The first-order chi connectivity index (χ1) is 10.8. The number of hydrogen-bond acceptors (Lipinski definition) is 2. The van der Waals surface area contributed by atoms with Crippen molar-refractivity contribution in [3.05, 3.63) is 59.2 Å². The van der Waals surface area contributed by atoms with E-state index >= 15 is 0 Å². The summed E-state index contributed by atoms with van der Waals surface area (Å²) in [5.41, 5.74) is 1.70. The number of hydrogen-bond donors (Lipinski definition) is 2. The van der Waals surface area contributed by atoms with Crippen LogP contribution in [0.1, 0.15) is 16.7 Å². The van der Waals surface area contributed by atoms with E-state index in [4.69, 9.17) is 0 Å². The number of para-hydroxylation sites is 1. The van der Waals surface area contributed by atoms with Gasteiger partial charge in [-0.05, 0) is 37.6 Å². The van der Waals surface area contributed by atoms with Gasteiger partial charge in [-0.1, -0.05) is 29.8 Å². The van der Waals surface area contributed by atoms with Crippen molar-refractivity contribution in [3.63, 3.8) is 0 Å². The fourth-order valence-corrected chi connectivity index (χ4v) is 2.21. The average Bonchev–Trinajstić information content (AvgIpc) is 2.47. The Bertz CT molecular complexity index is 711. The molecule has 0 saturated carbocycles. The van der Waals surface area contributed by atoms with Crippen molar-refractivity contribution in [1.82, 2.24) is 0 Å². The van der Waals surface area contributed by atoms with Crippen LogP contribution in [0.4, 0.5) is 24.5 Å². The van der Waals surface area contributed by atoms with Crippen molar-refractivity contribution in [1.29, 1.82) is 0 Å². The quantitative estimate of drug-likeness (QED) is 0.877. The number of anilines is 2. The Hall–Kier alpha value is -2.50. The second-order valence-electron chi connectivity index (χ2n) is 5.26. The molecule has 1 amide bonds. The second-order valence-corrected chi connectivity index (χ2v) is 5.26. The van der Waals surface area contributed by atoms with E-state index in [9.17, 15) is 18.0 Å². The van der Waals surface area contributed by atoms with Crippen molar-refractivity contribution in [2.75, 3.05) is 17.2 Å². The first kappa shape index (κ1) is 16.9. The van der Waals surface area contributed by atoms with Gasteiger partial charge in [0, 0.05) is 11.4 Å². The van der Waals surface area contributed by atoms with Gasteiger partial charge in [-0.15, -0.1) is 0 Å². The van der Waals surface area contributed by atoms with Crippen LogP contribution in [0.25, 0.3) is 0 Å². The molecule has 0 radical (unpaired) electrons. The summed E-state index contributed by atoms with van der Waals surface area (Å²) in [4.78, 5) is 11.9. The summed E-state index contributed by atoms with van der Waals surface area (Å²) in [6.07, 6.45) is -4.46. The van der Waals surface area contributed by atoms with E-state index < -0.39 is 17.6 Å². The molecule has 0 spiro atoms. The largest absolute Gasteiger partial charge is 0.418 e. The molecular weight excluding hydrogens is 305 g/mol. The fraction of sp³-hybridized carbons (Fsp3) is 0.235. The molecule has 2 rings (SSSR count). The van der Waals surface area contributed by atoms with Crippen LogP contribution in [0.5, 0.6) is 0 Å². The van der Waals surface area contributed by atoms with Crippen molar-refractivity contribution in [2.24, 2.45) is 0 Å². The van der Waals surface area contributed by atoms with E-state index in [1.165, 1.54) is 18.2 Å². The summed E-state index contributed by atoms with van der Waals surface area (Å²) in [5.74, 6) is -0.408. The minimum atomic E-state index is -4.46. The third kappa shape index (κ3) is 4.48. The Morgan fingerprint density at radius 3 is 2.39 bits per heavy atom. The van der Waals surface area contributed by atoms with E-state index in [0.717, 1.165) is 17.2 Å². The molecule has 2 aromatic rings. The minimum Gasteiger partial charge on any atom is -0.376 e. The maximum absolute atomic E-state index is 12.9. The topological polar surface area (TPSA) is 41.1 Å². The third-order valence-electron chi connectivity index (χ3n) is 3.33. The van der Waals surface area contributed by atoms with Crippen molar-refractivity contribution >= 4 is 17.3 Å². The number of halogens is 3. The Balaban J connectivity index is 2.03. The standard InChI is InChI=1S/C17H17F3N2O/c1-11-7-8-14(12(2)9-11)22-16(23)10-21-15-6-4-3-5-13(15)17(18,19)20/h3-9,21H,10H2,1-2H3,(H,22,23). The molecule has 122 valence electrons. The van der Waals surface area contributed by atoms with Crippen molar-refractivity contribution in [2.45, 2.75) is 20.0 Å². The van der Waals surface area contributed by atoms with Crippen LogP contribution in [0.3, 0.4) is 0 Å². The molecule has 0 fully saturated rings. The highest BCUT2D eigenvalue weighted by Crippen LogP contribution is 2.34. The molecule has 6 heteroatoms. The van der Waals surface area contributed by atoms with E-state index in [2.05, 4.69) is 10.6 Å². The lowest BCUT2D eigenvalue weighted by Gasteiger charge is -2.14. The first-order valence-corrected chi connectivity index (χ1v) is 7.04. The normalized spacial score (nSPS) is 11.2. The molecule has 0 saturated heterocycles. The summed E-state index contributed by atoms with van der Waals surface area (Å²) in [7, 11) is 0. The highest BCUT2D eigenvalue weighted by Gasteiger charge is 2.33. The predicted molar refractivity (Wildman–Crippen MR) is 84.5 cm³/mol. The summed E-state index contributed by atoms with van der Waals surface area (Å²) in [6, 6.07) is 10.6. The summed E-state index contributed by atoms with van der Waals surface area (Å²) >= 11 is 0. The van der Waals surface area contributed by atoms with Gasteiger partial charge in [-0.3, -0.25) is 4.79 Å². The van der Waals surface area contributed by atoms with E-state index in [-0.39, 0.29) is 12.2 Å². The number of carbonyl (C=O) groups is 1. The highest BCUT2D eigenvalue weighted by atomic mass is 19.4. The maximum atomic E-state index is 12.9. The Morgan fingerprint density at radius 1 is 1.04 bits per heavy atom. The lowest BCUT2D eigenvalue weighted by Crippen LogP contribution is -2.23. The van der Waals surface area contributed by atoms with Crippen molar-refractivity contribution < 1.29 is 18.0 Å². The predicted octanol–water partition coefficient (Wildman–Crippen LogP) is 4.37. The minimum absolute atomic E-state index is 0.115. The Labute approximate surface area is 132 Å². The van der Waals surface area contributed by atoms with Gasteiger partial charge in [0.1, 0.15) is 0 Å².